The van der Waals surface area contributed by atoms with E-state index in [1.54, 1.807) is 23.5 Å². The number of halogens is 1. The molecule has 21 heavy (non-hydrogen) atoms. The zero-order valence-corrected chi connectivity index (χ0v) is 12.6. The van der Waals surface area contributed by atoms with E-state index in [9.17, 15) is 9.18 Å². The summed E-state index contributed by atoms with van der Waals surface area (Å²) in [4.78, 5) is 13.6. The summed E-state index contributed by atoms with van der Waals surface area (Å²) in [5, 5.41) is 4.96. The minimum atomic E-state index is -0.229. The molecule has 0 fully saturated rings. The van der Waals surface area contributed by atoms with Crippen LogP contribution in [0.5, 0.6) is 0 Å². The van der Waals surface area contributed by atoms with E-state index in [4.69, 9.17) is 0 Å². The van der Waals surface area contributed by atoms with E-state index in [0.717, 1.165) is 30.4 Å². The molecule has 3 rings (SSSR count). The highest BCUT2D eigenvalue weighted by Gasteiger charge is 2.19. The van der Waals surface area contributed by atoms with Crippen molar-refractivity contribution in [1.29, 1.82) is 0 Å². The van der Waals surface area contributed by atoms with Crippen LogP contribution in [0.4, 0.5) is 4.39 Å². The molecular weight excluding hydrogens is 285 g/mol. The minimum absolute atomic E-state index is 0.0245. The van der Waals surface area contributed by atoms with Gasteiger partial charge in [-0.15, -0.1) is 11.3 Å². The molecule has 2 aromatic rings. The number of hydrogen-bond donors (Lipinski definition) is 1. The summed E-state index contributed by atoms with van der Waals surface area (Å²) in [5.41, 5.74) is 3.14. The first-order chi connectivity index (χ1) is 10.2. The average Bonchev–Trinajstić information content (AvgIpc) is 2.93. The van der Waals surface area contributed by atoms with Crippen molar-refractivity contribution < 1.29 is 9.18 Å². The molecule has 0 radical (unpaired) electrons. The number of fused-ring (bicyclic) bond motifs is 1. The molecule has 1 N–H and O–H groups in total. The molecular formula is C17H18FNOS. The van der Waals surface area contributed by atoms with Crippen molar-refractivity contribution in [3.05, 3.63) is 57.0 Å². The molecule has 1 aliphatic rings. The predicted octanol–water partition coefficient (Wildman–Crippen LogP) is 3.74. The molecule has 4 heteroatoms. The van der Waals surface area contributed by atoms with Gasteiger partial charge in [0.25, 0.3) is 5.91 Å². The monoisotopic (exact) mass is 303 g/mol. The Hall–Kier alpha value is -1.68. The van der Waals surface area contributed by atoms with E-state index < -0.39 is 0 Å². The summed E-state index contributed by atoms with van der Waals surface area (Å²) in [6, 6.07) is 6.42. The first-order valence-corrected chi connectivity index (χ1v) is 8.24. The Balaban J connectivity index is 1.57. The molecule has 1 aromatic heterocycles. The van der Waals surface area contributed by atoms with Gasteiger partial charge in [-0.1, -0.05) is 12.1 Å². The van der Waals surface area contributed by atoms with Crippen molar-refractivity contribution in [2.24, 2.45) is 0 Å². The zero-order valence-electron chi connectivity index (χ0n) is 11.8. The van der Waals surface area contributed by atoms with E-state index in [1.807, 2.05) is 5.38 Å². The van der Waals surface area contributed by atoms with Crippen LogP contribution in [0.2, 0.25) is 0 Å². The second kappa shape index (κ2) is 6.39. The van der Waals surface area contributed by atoms with Crippen molar-refractivity contribution in [2.75, 3.05) is 6.54 Å². The molecule has 0 saturated carbocycles. The van der Waals surface area contributed by atoms with Gasteiger partial charge in [0.05, 0.1) is 5.56 Å². The van der Waals surface area contributed by atoms with E-state index in [0.29, 0.717) is 6.54 Å². The number of rotatable bonds is 4. The third-order valence-electron chi connectivity index (χ3n) is 3.92. The Morgan fingerprint density at radius 3 is 2.76 bits per heavy atom. The van der Waals surface area contributed by atoms with Gasteiger partial charge in [-0.25, -0.2) is 4.39 Å². The van der Waals surface area contributed by atoms with Crippen LogP contribution in [0.25, 0.3) is 0 Å². The molecule has 110 valence electrons. The highest BCUT2D eigenvalue weighted by atomic mass is 32.1. The smallest absolute Gasteiger partial charge is 0.252 e. The van der Waals surface area contributed by atoms with Crippen LogP contribution in [0.3, 0.4) is 0 Å². The van der Waals surface area contributed by atoms with E-state index in [2.05, 4.69) is 5.32 Å². The van der Waals surface area contributed by atoms with Crippen LogP contribution in [0.15, 0.2) is 29.6 Å². The van der Waals surface area contributed by atoms with E-state index in [1.165, 1.54) is 35.4 Å². The van der Waals surface area contributed by atoms with Gasteiger partial charge < -0.3 is 5.32 Å². The third-order valence-corrected chi connectivity index (χ3v) is 5.01. The lowest BCUT2D eigenvalue weighted by Crippen LogP contribution is -2.26. The molecule has 1 aliphatic carbocycles. The summed E-state index contributed by atoms with van der Waals surface area (Å²) in [5.74, 6) is -0.204. The predicted molar refractivity (Wildman–Crippen MR) is 83.4 cm³/mol. The third kappa shape index (κ3) is 3.32. The normalized spacial score (nSPS) is 13.8. The molecule has 0 spiro atoms. The topological polar surface area (TPSA) is 29.1 Å². The highest BCUT2D eigenvalue weighted by Crippen LogP contribution is 2.30. The number of amides is 1. The lowest BCUT2D eigenvalue weighted by Gasteiger charge is -2.12. The molecule has 0 saturated heterocycles. The van der Waals surface area contributed by atoms with Crippen molar-refractivity contribution in [3.63, 3.8) is 0 Å². The summed E-state index contributed by atoms with van der Waals surface area (Å²) in [7, 11) is 0. The van der Waals surface area contributed by atoms with Crippen LogP contribution in [-0.4, -0.2) is 12.5 Å². The molecule has 1 aromatic carbocycles. The van der Waals surface area contributed by atoms with Gasteiger partial charge in [0.2, 0.25) is 0 Å². The lowest BCUT2D eigenvalue weighted by molar-refractivity contribution is 0.0953. The maximum Gasteiger partial charge on any atom is 0.252 e. The molecule has 0 aliphatic heterocycles. The fraction of sp³-hybridized carbons (Fsp3) is 0.353. The fourth-order valence-corrected chi connectivity index (χ4v) is 3.88. The summed E-state index contributed by atoms with van der Waals surface area (Å²) < 4.78 is 12.8. The molecule has 0 bridgehead atoms. The number of thiophene rings is 1. The van der Waals surface area contributed by atoms with Crippen molar-refractivity contribution in [2.45, 2.75) is 32.1 Å². The molecule has 0 atom stereocenters. The Kier molecular flexibility index (Phi) is 4.34. The van der Waals surface area contributed by atoms with Crippen LogP contribution in [0.1, 0.15) is 39.2 Å². The van der Waals surface area contributed by atoms with Gasteiger partial charge >= 0.3 is 0 Å². The number of carbonyl (C=O) groups excluding carboxylic acids is 1. The second-order valence-corrected chi connectivity index (χ2v) is 6.35. The van der Waals surface area contributed by atoms with Gasteiger partial charge in [-0.3, -0.25) is 4.79 Å². The van der Waals surface area contributed by atoms with Gasteiger partial charge in [-0.2, -0.15) is 0 Å². The number of hydrogen-bond acceptors (Lipinski definition) is 2. The Morgan fingerprint density at radius 2 is 1.95 bits per heavy atom. The molecule has 1 heterocycles. The zero-order chi connectivity index (χ0) is 14.7. The van der Waals surface area contributed by atoms with Crippen LogP contribution < -0.4 is 5.32 Å². The number of benzene rings is 1. The van der Waals surface area contributed by atoms with Gasteiger partial charge in [-0.05, 0) is 55.4 Å². The second-order valence-electron chi connectivity index (χ2n) is 5.39. The van der Waals surface area contributed by atoms with Crippen molar-refractivity contribution >= 4 is 17.2 Å². The number of nitrogens with one attached hydrogen (secondary N) is 1. The fourth-order valence-electron chi connectivity index (χ4n) is 2.75. The van der Waals surface area contributed by atoms with Crippen LogP contribution >= 0.6 is 11.3 Å². The molecule has 2 nitrogen and oxygen atoms in total. The standard InChI is InChI=1S/C17H18FNOS/c18-13-7-5-12(6-8-13)9-10-19-17(20)15-11-21-16-4-2-1-3-14(15)16/h5-8,11H,1-4,9-10H2,(H,19,20). The first kappa shape index (κ1) is 14.3. The first-order valence-electron chi connectivity index (χ1n) is 7.36. The van der Waals surface area contributed by atoms with E-state index >= 15 is 0 Å². The highest BCUT2D eigenvalue weighted by molar-refractivity contribution is 7.10. The summed E-state index contributed by atoms with van der Waals surface area (Å²) in [6.07, 6.45) is 5.28. The number of carbonyl (C=O) groups is 1. The SMILES string of the molecule is O=C(NCCc1ccc(F)cc1)c1csc2c1CCCC2. The lowest BCUT2D eigenvalue weighted by atomic mass is 9.95. The maximum atomic E-state index is 12.8. The number of aryl methyl sites for hydroxylation is 1. The quantitative estimate of drug-likeness (QED) is 0.916. The molecule has 1 amide bonds. The Labute approximate surface area is 128 Å². The van der Waals surface area contributed by atoms with Crippen molar-refractivity contribution in [1.82, 2.24) is 5.32 Å². The minimum Gasteiger partial charge on any atom is -0.352 e. The van der Waals surface area contributed by atoms with Crippen LogP contribution in [-0.2, 0) is 19.3 Å². The Bertz CT molecular complexity index is 633. The van der Waals surface area contributed by atoms with Gasteiger partial charge in [0.15, 0.2) is 0 Å². The van der Waals surface area contributed by atoms with Gasteiger partial charge in [0.1, 0.15) is 5.82 Å². The summed E-state index contributed by atoms with van der Waals surface area (Å²) in [6.45, 7) is 0.578. The van der Waals surface area contributed by atoms with Crippen LogP contribution in [0, 0.1) is 5.82 Å². The maximum absolute atomic E-state index is 12.8. The summed E-state index contributed by atoms with van der Waals surface area (Å²) >= 11 is 1.71. The van der Waals surface area contributed by atoms with Gasteiger partial charge in [0, 0.05) is 16.8 Å². The molecule has 0 unspecified atom stereocenters. The largest absolute Gasteiger partial charge is 0.352 e. The average molecular weight is 303 g/mol. The Morgan fingerprint density at radius 1 is 1.19 bits per heavy atom. The van der Waals surface area contributed by atoms with Crippen molar-refractivity contribution in [3.8, 4) is 0 Å². The van der Waals surface area contributed by atoms with E-state index in [-0.39, 0.29) is 11.7 Å².